The highest BCUT2D eigenvalue weighted by atomic mass is 32.2. The Bertz CT molecular complexity index is 1550. The molecule has 0 unspecified atom stereocenters. The van der Waals surface area contributed by atoms with Gasteiger partial charge in [0.2, 0.25) is 16.0 Å². The van der Waals surface area contributed by atoms with E-state index in [1.165, 1.54) is 12.1 Å². The summed E-state index contributed by atoms with van der Waals surface area (Å²) in [6, 6.07) is 14.5. The molecule has 0 amide bonds. The predicted octanol–water partition coefficient (Wildman–Crippen LogP) is 3.14. The van der Waals surface area contributed by atoms with Gasteiger partial charge in [-0.1, -0.05) is 18.2 Å². The molecule has 12 heteroatoms. The van der Waals surface area contributed by atoms with Crippen molar-refractivity contribution in [3.05, 3.63) is 66.4 Å². The predicted molar refractivity (Wildman–Crippen MR) is 131 cm³/mol. The van der Waals surface area contributed by atoms with Crippen molar-refractivity contribution in [1.29, 1.82) is 0 Å². The van der Waals surface area contributed by atoms with Gasteiger partial charge in [-0.15, -0.1) is 0 Å². The van der Waals surface area contributed by atoms with Crippen LogP contribution in [0.1, 0.15) is 19.4 Å². The van der Waals surface area contributed by atoms with E-state index in [1.807, 2.05) is 0 Å². The summed E-state index contributed by atoms with van der Waals surface area (Å²) in [5, 5.41) is 10.9. The maximum Gasteiger partial charge on any atom is 0.238 e. The number of fused-ring (bicyclic) bond motifs is 1. The number of rotatable bonds is 8. The van der Waals surface area contributed by atoms with Crippen molar-refractivity contribution < 1.29 is 16.8 Å². The molecule has 4 rings (SSSR count). The molecule has 0 aliphatic heterocycles. The van der Waals surface area contributed by atoms with Crippen LogP contribution < -0.4 is 15.8 Å². The van der Waals surface area contributed by atoms with E-state index in [2.05, 4.69) is 25.6 Å². The number of H-pyrrole nitrogens is 1. The molecule has 0 fully saturated rings. The molecule has 2 aromatic heterocycles. The smallest absolute Gasteiger partial charge is 0.238 e. The molecule has 0 aliphatic carbocycles. The zero-order chi connectivity index (χ0) is 24.5. The first kappa shape index (κ1) is 23.7. The average molecular weight is 501 g/mol. The summed E-state index contributed by atoms with van der Waals surface area (Å²) in [6.45, 7) is 3.54. The molecular formula is C22H24N6O4S2. The Labute approximate surface area is 197 Å². The first-order valence-electron chi connectivity index (χ1n) is 10.4. The van der Waals surface area contributed by atoms with E-state index in [9.17, 15) is 16.8 Å². The van der Waals surface area contributed by atoms with Crippen molar-refractivity contribution in [2.24, 2.45) is 5.14 Å². The van der Waals surface area contributed by atoms with Gasteiger partial charge in [0.1, 0.15) is 5.52 Å². The third-order valence-corrected chi connectivity index (χ3v) is 8.37. The lowest BCUT2D eigenvalue weighted by atomic mass is 10.2. The fourth-order valence-electron chi connectivity index (χ4n) is 3.35. The molecule has 2 heterocycles. The number of sulfonamides is 1. The first-order valence-corrected chi connectivity index (χ1v) is 13.5. The van der Waals surface area contributed by atoms with Gasteiger partial charge >= 0.3 is 0 Å². The molecule has 2 aromatic carbocycles. The van der Waals surface area contributed by atoms with Gasteiger partial charge in [-0.25, -0.2) is 27.0 Å². The van der Waals surface area contributed by atoms with Gasteiger partial charge in [0, 0.05) is 18.4 Å². The molecule has 4 aromatic rings. The Morgan fingerprint density at radius 3 is 2.35 bits per heavy atom. The van der Waals surface area contributed by atoms with Crippen LogP contribution in [0.5, 0.6) is 0 Å². The van der Waals surface area contributed by atoms with Gasteiger partial charge in [-0.2, -0.15) is 4.98 Å². The summed E-state index contributed by atoms with van der Waals surface area (Å²) < 4.78 is 48.4. The number of nitrogens with zero attached hydrogens (tertiary/aromatic N) is 2. The molecule has 34 heavy (non-hydrogen) atoms. The van der Waals surface area contributed by atoms with Gasteiger partial charge < -0.3 is 15.6 Å². The second-order valence-electron chi connectivity index (χ2n) is 7.88. The Morgan fingerprint density at radius 1 is 0.971 bits per heavy atom. The Hall–Kier alpha value is -3.48. The molecule has 0 aliphatic rings. The Morgan fingerprint density at radius 2 is 1.68 bits per heavy atom. The molecule has 0 radical (unpaired) electrons. The number of nitrogens with two attached hydrogens (primary N) is 1. The molecule has 0 bridgehead atoms. The molecule has 0 atom stereocenters. The number of sulfone groups is 1. The zero-order valence-corrected chi connectivity index (χ0v) is 20.1. The first-order chi connectivity index (χ1) is 16.1. The lowest BCUT2D eigenvalue weighted by Gasteiger charge is -2.14. The van der Waals surface area contributed by atoms with Crippen LogP contribution in [0.2, 0.25) is 0 Å². The second kappa shape index (κ2) is 9.05. The minimum Gasteiger partial charge on any atom is -0.364 e. The SMILES string of the molecule is CC(C)S(=O)(=O)c1ccccc1CNc1nc(Nc2ccc(S(N)(=O)=O)cc2)nc2cc[nH]c12. The summed E-state index contributed by atoms with van der Waals surface area (Å²) in [5.41, 5.74) is 2.51. The number of nitrogens with one attached hydrogen (secondary N) is 3. The number of aromatic amines is 1. The van der Waals surface area contributed by atoms with Crippen LogP contribution in [0, 0.1) is 0 Å². The summed E-state index contributed by atoms with van der Waals surface area (Å²) in [6.07, 6.45) is 1.73. The Kier molecular flexibility index (Phi) is 6.30. The second-order valence-corrected chi connectivity index (χ2v) is 11.9. The van der Waals surface area contributed by atoms with Crippen LogP contribution in [0.25, 0.3) is 11.0 Å². The van der Waals surface area contributed by atoms with Crippen molar-refractivity contribution in [1.82, 2.24) is 15.0 Å². The highest BCUT2D eigenvalue weighted by Crippen LogP contribution is 2.25. The van der Waals surface area contributed by atoms with Crippen molar-refractivity contribution in [2.75, 3.05) is 10.6 Å². The minimum atomic E-state index is -3.79. The van der Waals surface area contributed by atoms with Gasteiger partial charge in [0.15, 0.2) is 15.7 Å². The molecule has 0 spiro atoms. The average Bonchev–Trinajstić information content (AvgIpc) is 3.26. The van der Waals surface area contributed by atoms with E-state index in [0.717, 1.165) is 0 Å². The minimum absolute atomic E-state index is 0.00238. The Balaban J connectivity index is 1.62. The third kappa shape index (κ3) is 4.88. The summed E-state index contributed by atoms with van der Waals surface area (Å²) in [7, 11) is -7.24. The van der Waals surface area contributed by atoms with E-state index in [0.29, 0.717) is 28.1 Å². The molecular weight excluding hydrogens is 476 g/mol. The van der Waals surface area contributed by atoms with Crippen LogP contribution in [-0.4, -0.2) is 37.0 Å². The van der Waals surface area contributed by atoms with Crippen LogP contribution in [0.15, 0.2) is 70.6 Å². The quantitative estimate of drug-likeness (QED) is 0.287. The van der Waals surface area contributed by atoms with E-state index < -0.39 is 25.1 Å². The maximum atomic E-state index is 12.8. The van der Waals surface area contributed by atoms with Gasteiger partial charge in [0.05, 0.1) is 20.6 Å². The van der Waals surface area contributed by atoms with E-state index >= 15 is 0 Å². The number of primary sulfonamides is 1. The molecule has 5 N–H and O–H groups in total. The lowest BCUT2D eigenvalue weighted by Crippen LogP contribution is -2.17. The van der Waals surface area contributed by atoms with E-state index in [-0.39, 0.29) is 22.3 Å². The summed E-state index contributed by atoms with van der Waals surface area (Å²) in [5.74, 6) is 0.761. The van der Waals surface area contributed by atoms with E-state index in [1.54, 1.807) is 62.5 Å². The zero-order valence-electron chi connectivity index (χ0n) is 18.5. The fourth-order valence-corrected chi connectivity index (χ4v) is 5.14. The fraction of sp³-hybridized carbons (Fsp3) is 0.182. The number of anilines is 3. The largest absolute Gasteiger partial charge is 0.364 e. The topological polar surface area (TPSA) is 160 Å². The highest BCUT2D eigenvalue weighted by molar-refractivity contribution is 7.92. The number of hydrogen-bond donors (Lipinski definition) is 4. The van der Waals surface area contributed by atoms with Gasteiger partial charge in [-0.3, -0.25) is 0 Å². The summed E-state index contributed by atoms with van der Waals surface area (Å²) >= 11 is 0. The number of hydrogen-bond acceptors (Lipinski definition) is 8. The molecule has 0 saturated heterocycles. The van der Waals surface area contributed by atoms with Crippen LogP contribution in [0.3, 0.4) is 0 Å². The summed E-state index contributed by atoms with van der Waals surface area (Å²) in [4.78, 5) is 12.4. The van der Waals surface area contributed by atoms with Gasteiger partial charge in [0.25, 0.3) is 0 Å². The normalized spacial score (nSPS) is 12.2. The van der Waals surface area contributed by atoms with Crippen molar-refractivity contribution in [3.8, 4) is 0 Å². The number of aromatic nitrogens is 3. The third-order valence-electron chi connectivity index (χ3n) is 5.19. The van der Waals surface area contributed by atoms with Crippen LogP contribution in [0.4, 0.5) is 17.5 Å². The lowest BCUT2D eigenvalue weighted by molar-refractivity contribution is 0.586. The monoisotopic (exact) mass is 500 g/mol. The van der Waals surface area contributed by atoms with E-state index in [4.69, 9.17) is 5.14 Å². The highest BCUT2D eigenvalue weighted by Gasteiger charge is 2.22. The standard InChI is InChI=1S/C22H24N6O4S2/c1-14(2)33(29,30)19-6-4-3-5-15(19)13-25-21-20-18(11-12-24-20)27-22(28-21)26-16-7-9-17(10-8-16)34(23,31)32/h3-12,14,24H,13H2,1-2H3,(H2,23,31,32)(H2,25,26,27,28). The molecule has 178 valence electrons. The molecule has 0 saturated carbocycles. The van der Waals surface area contributed by atoms with Crippen molar-refractivity contribution in [2.45, 2.75) is 35.4 Å². The number of benzene rings is 2. The van der Waals surface area contributed by atoms with Gasteiger partial charge in [-0.05, 0) is 55.8 Å². The van der Waals surface area contributed by atoms with Crippen molar-refractivity contribution in [3.63, 3.8) is 0 Å². The van der Waals surface area contributed by atoms with Crippen molar-refractivity contribution >= 4 is 48.3 Å². The molecule has 10 nitrogen and oxygen atoms in total. The maximum absolute atomic E-state index is 12.8. The van der Waals surface area contributed by atoms with Crippen LogP contribution >= 0.6 is 0 Å². The van der Waals surface area contributed by atoms with Crippen LogP contribution in [-0.2, 0) is 26.4 Å².